The number of carbonyl (C=O) groups excluding carboxylic acids is 3. The topological polar surface area (TPSA) is 138 Å². The van der Waals surface area contributed by atoms with Gasteiger partial charge in [-0.1, -0.05) is 48.5 Å². The molecule has 0 saturated carbocycles. The van der Waals surface area contributed by atoms with Gasteiger partial charge in [0, 0.05) is 5.56 Å². The molecule has 0 spiro atoms. The van der Waals surface area contributed by atoms with Crippen LogP contribution in [0.2, 0.25) is 0 Å². The summed E-state index contributed by atoms with van der Waals surface area (Å²) in [4.78, 5) is 47.8. The van der Waals surface area contributed by atoms with Gasteiger partial charge < -0.3 is 20.1 Å². The summed E-state index contributed by atoms with van der Waals surface area (Å²) in [6, 6.07) is 13.9. The predicted molar refractivity (Wildman–Crippen MR) is 101 cm³/mol. The van der Waals surface area contributed by atoms with Crippen molar-refractivity contribution in [1.82, 2.24) is 0 Å². The molecule has 0 aliphatic carbocycles. The van der Waals surface area contributed by atoms with Crippen LogP contribution in [-0.2, 0) is 14.3 Å². The first kappa shape index (κ1) is 26.6. The van der Waals surface area contributed by atoms with Crippen molar-refractivity contribution in [3.05, 3.63) is 71.8 Å². The van der Waals surface area contributed by atoms with Crippen LogP contribution in [0.5, 0.6) is 0 Å². The molecule has 2 aromatic carbocycles. The van der Waals surface area contributed by atoms with Gasteiger partial charge >= 0.3 is 77.0 Å². The molecule has 0 amide bonds. The number of Topliss-reactive ketones (excluding diaryl/α,β-unsaturated/α-hetero) is 1. The summed E-state index contributed by atoms with van der Waals surface area (Å²) in [6.07, 6.45) is -2.84. The fourth-order valence-corrected chi connectivity index (χ4v) is 2.11. The molecule has 0 saturated heterocycles. The number of aliphatic hydroxyl groups excluding tert-OH is 1. The number of carbonyl (C=O) groups is 4. The van der Waals surface area contributed by atoms with Crippen molar-refractivity contribution in [3.8, 4) is 0 Å². The van der Waals surface area contributed by atoms with Crippen molar-refractivity contribution >= 4 is 82.8 Å². The normalized spacial score (nSPS) is 12.9. The average molecular weight is 406 g/mol. The van der Waals surface area contributed by atoms with E-state index in [2.05, 4.69) is 4.74 Å². The molecule has 2 atom stereocenters. The number of hydrogen-bond acceptors (Lipinski definition) is 7. The molecule has 0 bridgehead atoms. The van der Waals surface area contributed by atoms with Crippen LogP contribution in [0, 0.1) is 0 Å². The second-order valence-electron chi connectivity index (χ2n) is 5.25. The molecule has 0 radical (unpaired) electrons. The first-order chi connectivity index (χ1) is 12.3. The summed E-state index contributed by atoms with van der Waals surface area (Å²) in [5.41, 5.74) is -3.82. The molecule has 10 heteroatoms. The second kappa shape index (κ2) is 11.6. The number of benzene rings is 2. The molecule has 0 aromatic heterocycles. The van der Waals surface area contributed by atoms with Crippen LogP contribution in [0.1, 0.15) is 20.7 Å². The van der Waals surface area contributed by atoms with Gasteiger partial charge in [-0.2, -0.15) is 0 Å². The van der Waals surface area contributed by atoms with E-state index >= 15 is 0 Å². The Balaban J connectivity index is 0.00000364. The van der Waals surface area contributed by atoms with Gasteiger partial charge in [0.05, 0.1) is 5.56 Å². The number of carboxylic acids is 1. The molecule has 0 aliphatic heterocycles. The minimum atomic E-state index is -3.50. The van der Waals surface area contributed by atoms with Crippen molar-refractivity contribution in [2.24, 2.45) is 0 Å². The zero-order valence-electron chi connectivity index (χ0n) is 13.2. The first-order valence-electron chi connectivity index (χ1n) is 7.33. The van der Waals surface area contributed by atoms with E-state index in [1.54, 1.807) is 12.1 Å². The fourth-order valence-electron chi connectivity index (χ4n) is 2.11. The molecule has 28 heavy (non-hydrogen) atoms. The Bertz CT molecular complexity index is 841. The number of rotatable bonds is 6. The van der Waals surface area contributed by atoms with Crippen LogP contribution >= 0.6 is 0 Å². The van der Waals surface area contributed by atoms with Gasteiger partial charge in [0.25, 0.3) is 5.60 Å². The Morgan fingerprint density at radius 1 is 0.821 bits per heavy atom. The quantitative estimate of drug-likeness (QED) is 0.244. The van der Waals surface area contributed by atoms with E-state index in [9.17, 15) is 29.4 Å². The summed E-state index contributed by atoms with van der Waals surface area (Å²) in [6.45, 7) is 0. The summed E-state index contributed by atoms with van der Waals surface area (Å²) in [5.74, 6) is -6.57. The van der Waals surface area contributed by atoms with Crippen LogP contribution in [0.4, 0.5) is 0 Å². The van der Waals surface area contributed by atoms with Crippen LogP contribution < -0.4 is 0 Å². The standard InChI is InChI=1S/C18H14O8.2Na.2H/c19-13(11-7-3-1-4-8-11)18(25,14(20)15(21)22)17(24)26-16(23)12-9-5-2-6-10-12;;;;/h1-10,14,20,25H,(H,21,22);;;;. The van der Waals surface area contributed by atoms with Gasteiger partial charge in [-0.05, 0) is 12.1 Å². The van der Waals surface area contributed by atoms with Crippen LogP contribution in [0.25, 0.3) is 0 Å². The van der Waals surface area contributed by atoms with Crippen molar-refractivity contribution in [1.29, 1.82) is 0 Å². The molecule has 3 N–H and O–H groups in total. The Morgan fingerprint density at radius 2 is 1.25 bits per heavy atom. The molecule has 2 aromatic rings. The van der Waals surface area contributed by atoms with Gasteiger partial charge in [0.1, 0.15) is 0 Å². The molecule has 138 valence electrons. The van der Waals surface area contributed by atoms with Crippen LogP contribution in [-0.4, -0.2) is 110 Å². The molecule has 2 rings (SSSR count). The van der Waals surface area contributed by atoms with Crippen molar-refractivity contribution < 1.29 is 39.2 Å². The predicted octanol–water partition coefficient (Wildman–Crippen LogP) is -0.868. The molecular weight excluding hydrogens is 390 g/mol. The summed E-state index contributed by atoms with van der Waals surface area (Å²) in [7, 11) is 0. The third-order valence-electron chi connectivity index (χ3n) is 3.52. The number of hydrogen-bond donors (Lipinski definition) is 3. The Hall–Kier alpha value is -1.36. The van der Waals surface area contributed by atoms with Gasteiger partial charge in [-0.3, -0.25) is 4.79 Å². The van der Waals surface area contributed by atoms with E-state index in [1.165, 1.54) is 48.5 Å². The summed E-state index contributed by atoms with van der Waals surface area (Å²) in [5, 5.41) is 29.1. The third kappa shape index (κ3) is 5.82. The average Bonchev–Trinajstić information content (AvgIpc) is 2.67. The van der Waals surface area contributed by atoms with Gasteiger partial charge in [-0.15, -0.1) is 0 Å². The summed E-state index contributed by atoms with van der Waals surface area (Å²) < 4.78 is 4.44. The first-order valence-corrected chi connectivity index (χ1v) is 7.33. The number of esters is 2. The third-order valence-corrected chi connectivity index (χ3v) is 3.52. The molecule has 8 nitrogen and oxygen atoms in total. The number of ketones is 1. The monoisotopic (exact) mass is 406 g/mol. The van der Waals surface area contributed by atoms with E-state index in [0.29, 0.717) is 0 Å². The van der Waals surface area contributed by atoms with Crippen molar-refractivity contribution in [3.63, 3.8) is 0 Å². The summed E-state index contributed by atoms with van der Waals surface area (Å²) >= 11 is 0. The van der Waals surface area contributed by atoms with Gasteiger partial charge in [0.15, 0.2) is 6.10 Å². The zero-order valence-corrected chi connectivity index (χ0v) is 13.2. The number of ether oxygens (including phenoxy) is 1. The molecule has 0 aliphatic rings. The van der Waals surface area contributed by atoms with Crippen LogP contribution in [0.15, 0.2) is 60.7 Å². The van der Waals surface area contributed by atoms with E-state index < -0.39 is 35.4 Å². The number of aliphatic hydroxyl groups is 2. The van der Waals surface area contributed by atoms with E-state index in [1.807, 2.05) is 0 Å². The van der Waals surface area contributed by atoms with Gasteiger partial charge in [0.2, 0.25) is 5.78 Å². The SMILES string of the molecule is O=C(OC(=O)C(O)(C(=O)c1ccccc1)C(O)C(=O)O)c1ccccc1.[NaH].[NaH]. The maximum atomic E-state index is 12.5. The fraction of sp³-hybridized carbons (Fsp3) is 0.111. The Morgan fingerprint density at radius 3 is 1.68 bits per heavy atom. The maximum absolute atomic E-state index is 12.5. The molecule has 0 fully saturated rings. The number of aliphatic carboxylic acids is 1. The zero-order chi connectivity index (χ0) is 19.3. The van der Waals surface area contributed by atoms with Crippen molar-refractivity contribution in [2.45, 2.75) is 11.7 Å². The van der Waals surface area contributed by atoms with E-state index in [4.69, 9.17) is 5.11 Å². The van der Waals surface area contributed by atoms with Crippen molar-refractivity contribution in [2.75, 3.05) is 0 Å². The Kier molecular flexibility index (Phi) is 11.0. The molecular formula is C18H16Na2O8. The van der Waals surface area contributed by atoms with Crippen LogP contribution in [0.3, 0.4) is 0 Å². The second-order valence-corrected chi connectivity index (χ2v) is 5.25. The molecule has 2 unspecified atom stereocenters. The minimum absolute atomic E-state index is 0. The molecule has 0 heterocycles. The number of carboxylic acid groups (broad SMARTS) is 1. The van der Waals surface area contributed by atoms with E-state index in [0.717, 1.165) is 0 Å². The Labute approximate surface area is 204 Å². The van der Waals surface area contributed by atoms with Gasteiger partial charge in [-0.25, -0.2) is 14.4 Å². The van der Waals surface area contributed by atoms with E-state index in [-0.39, 0.29) is 70.2 Å².